The molecule has 1 atom stereocenters. The van der Waals surface area contributed by atoms with Gasteiger partial charge in [0.25, 0.3) is 0 Å². The summed E-state index contributed by atoms with van der Waals surface area (Å²) in [6.07, 6.45) is 1.85. The van der Waals surface area contributed by atoms with Gasteiger partial charge in [-0.2, -0.15) is 0 Å². The van der Waals surface area contributed by atoms with E-state index in [0.29, 0.717) is 0 Å². The molecule has 1 unspecified atom stereocenters. The predicted octanol–water partition coefficient (Wildman–Crippen LogP) is 2.55. The van der Waals surface area contributed by atoms with E-state index in [2.05, 4.69) is 24.4 Å². The number of hydrogen-bond donors (Lipinski definition) is 2. The first kappa shape index (κ1) is 13.7. The molecule has 17 heavy (non-hydrogen) atoms. The lowest BCUT2D eigenvalue weighted by Gasteiger charge is -2.31. The van der Waals surface area contributed by atoms with Gasteiger partial charge in [0, 0.05) is 0 Å². The Labute approximate surface area is 103 Å². The molecule has 0 saturated heterocycles. The van der Waals surface area contributed by atoms with Gasteiger partial charge in [0.15, 0.2) is 0 Å². The lowest BCUT2D eigenvalue weighted by atomic mass is 9.84. The number of carboxylic acid groups (broad SMARTS) is 1. The van der Waals surface area contributed by atoms with Crippen LogP contribution in [0.2, 0.25) is 0 Å². The Balaban J connectivity index is 3.07. The van der Waals surface area contributed by atoms with Crippen LogP contribution in [-0.4, -0.2) is 18.1 Å². The first-order valence-electron chi connectivity index (χ1n) is 6.08. The highest BCUT2D eigenvalue weighted by atomic mass is 16.4. The average molecular weight is 235 g/mol. The van der Waals surface area contributed by atoms with Gasteiger partial charge in [-0.05, 0) is 31.0 Å². The molecule has 0 aliphatic carbocycles. The number of carboxylic acids is 1. The first-order chi connectivity index (χ1) is 8.07. The van der Waals surface area contributed by atoms with Gasteiger partial charge in [-0.25, -0.2) is 0 Å². The van der Waals surface area contributed by atoms with Crippen molar-refractivity contribution in [3.8, 4) is 0 Å². The molecule has 0 aliphatic heterocycles. The van der Waals surface area contributed by atoms with Gasteiger partial charge >= 0.3 is 5.97 Å². The third kappa shape index (κ3) is 3.07. The number of nitrogens with one attached hydrogen (secondary N) is 1. The standard InChI is InChI=1S/C14H21NO2/c1-4-11-6-8-12(9-7-11)14(5-2,15-3)10-13(16)17/h6-9,15H,4-5,10H2,1-3H3,(H,16,17). The van der Waals surface area contributed by atoms with E-state index in [1.54, 1.807) is 0 Å². The fourth-order valence-electron chi connectivity index (χ4n) is 2.16. The van der Waals surface area contributed by atoms with Crippen molar-refractivity contribution in [2.45, 2.75) is 38.6 Å². The number of aliphatic carboxylic acids is 1. The molecule has 0 fully saturated rings. The summed E-state index contributed by atoms with van der Waals surface area (Å²) in [7, 11) is 1.82. The molecule has 1 aromatic carbocycles. The lowest BCUT2D eigenvalue weighted by Crippen LogP contribution is -2.41. The second kappa shape index (κ2) is 5.82. The summed E-state index contributed by atoms with van der Waals surface area (Å²) in [4.78, 5) is 11.0. The smallest absolute Gasteiger partial charge is 0.305 e. The maximum Gasteiger partial charge on any atom is 0.305 e. The molecule has 0 spiro atoms. The van der Waals surface area contributed by atoms with Crippen LogP contribution in [0.3, 0.4) is 0 Å². The number of hydrogen-bond acceptors (Lipinski definition) is 2. The molecular weight excluding hydrogens is 214 g/mol. The Bertz CT molecular complexity index is 366. The average Bonchev–Trinajstić information content (AvgIpc) is 2.36. The van der Waals surface area contributed by atoms with Crippen LogP contribution in [0.1, 0.15) is 37.8 Å². The van der Waals surface area contributed by atoms with Crippen molar-refractivity contribution in [2.24, 2.45) is 0 Å². The van der Waals surface area contributed by atoms with E-state index in [4.69, 9.17) is 5.11 Å². The van der Waals surface area contributed by atoms with E-state index < -0.39 is 11.5 Å². The molecule has 0 aromatic heterocycles. The Hall–Kier alpha value is -1.35. The van der Waals surface area contributed by atoms with Gasteiger partial charge in [0.1, 0.15) is 0 Å². The summed E-state index contributed by atoms with van der Waals surface area (Å²) in [6.45, 7) is 4.12. The highest BCUT2D eigenvalue weighted by Crippen LogP contribution is 2.28. The Morgan fingerprint density at radius 1 is 1.29 bits per heavy atom. The van der Waals surface area contributed by atoms with Gasteiger partial charge in [-0.3, -0.25) is 4.79 Å². The second-order valence-electron chi connectivity index (χ2n) is 4.31. The van der Waals surface area contributed by atoms with E-state index in [1.165, 1.54) is 5.56 Å². The van der Waals surface area contributed by atoms with Gasteiger partial charge in [-0.1, -0.05) is 38.1 Å². The van der Waals surface area contributed by atoms with Crippen LogP contribution in [0.25, 0.3) is 0 Å². The Morgan fingerprint density at radius 2 is 1.88 bits per heavy atom. The van der Waals surface area contributed by atoms with Crippen LogP contribution in [0.4, 0.5) is 0 Å². The molecule has 3 heteroatoms. The predicted molar refractivity (Wildman–Crippen MR) is 69.1 cm³/mol. The molecule has 0 aliphatic rings. The number of aryl methyl sites for hydroxylation is 1. The largest absolute Gasteiger partial charge is 0.481 e. The van der Waals surface area contributed by atoms with Crippen LogP contribution in [0, 0.1) is 0 Å². The topological polar surface area (TPSA) is 49.3 Å². The SMILES string of the molecule is CCc1ccc(C(CC)(CC(=O)O)NC)cc1. The highest BCUT2D eigenvalue weighted by molar-refractivity contribution is 5.69. The summed E-state index contributed by atoms with van der Waals surface area (Å²) >= 11 is 0. The first-order valence-corrected chi connectivity index (χ1v) is 6.08. The molecule has 1 aromatic rings. The Kier molecular flexibility index (Phi) is 4.70. The van der Waals surface area contributed by atoms with E-state index in [-0.39, 0.29) is 6.42 Å². The molecule has 0 heterocycles. The third-order valence-electron chi connectivity index (χ3n) is 3.45. The van der Waals surface area contributed by atoms with Crippen LogP contribution in [-0.2, 0) is 16.8 Å². The summed E-state index contributed by atoms with van der Waals surface area (Å²) in [6, 6.07) is 8.20. The number of rotatable bonds is 6. The van der Waals surface area contributed by atoms with Gasteiger partial charge < -0.3 is 10.4 Å². The van der Waals surface area contributed by atoms with Gasteiger partial charge in [0.2, 0.25) is 0 Å². The van der Waals surface area contributed by atoms with Crippen molar-refractivity contribution < 1.29 is 9.90 Å². The van der Waals surface area contributed by atoms with Crippen molar-refractivity contribution in [3.63, 3.8) is 0 Å². The monoisotopic (exact) mass is 235 g/mol. The quantitative estimate of drug-likeness (QED) is 0.796. The van der Waals surface area contributed by atoms with E-state index in [9.17, 15) is 4.79 Å². The summed E-state index contributed by atoms with van der Waals surface area (Å²) in [5.41, 5.74) is 1.85. The van der Waals surface area contributed by atoms with Crippen molar-refractivity contribution in [3.05, 3.63) is 35.4 Å². The van der Waals surface area contributed by atoms with Crippen molar-refractivity contribution in [2.75, 3.05) is 7.05 Å². The third-order valence-corrected chi connectivity index (χ3v) is 3.45. The summed E-state index contributed by atoms with van der Waals surface area (Å²) in [5, 5.41) is 12.2. The van der Waals surface area contributed by atoms with E-state index >= 15 is 0 Å². The van der Waals surface area contributed by atoms with Crippen LogP contribution in [0.15, 0.2) is 24.3 Å². The maximum atomic E-state index is 11.0. The molecule has 0 bridgehead atoms. The zero-order valence-corrected chi connectivity index (χ0v) is 10.8. The Morgan fingerprint density at radius 3 is 2.24 bits per heavy atom. The zero-order chi connectivity index (χ0) is 12.9. The van der Waals surface area contributed by atoms with Gasteiger partial charge in [-0.15, -0.1) is 0 Å². The molecule has 94 valence electrons. The fraction of sp³-hybridized carbons (Fsp3) is 0.500. The van der Waals surface area contributed by atoms with E-state index in [0.717, 1.165) is 18.4 Å². The summed E-state index contributed by atoms with van der Waals surface area (Å²) in [5.74, 6) is -0.777. The highest BCUT2D eigenvalue weighted by Gasteiger charge is 2.31. The van der Waals surface area contributed by atoms with Crippen molar-refractivity contribution >= 4 is 5.97 Å². The molecule has 0 radical (unpaired) electrons. The molecule has 2 N–H and O–H groups in total. The van der Waals surface area contributed by atoms with Crippen LogP contribution in [0.5, 0.6) is 0 Å². The number of carbonyl (C=O) groups is 1. The zero-order valence-electron chi connectivity index (χ0n) is 10.8. The minimum Gasteiger partial charge on any atom is -0.481 e. The minimum absolute atomic E-state index is 0.103. The molecule has 3 nitrogen and oxygen atoms in total. The van der Waals surface area contributed by atoms with Crippen molar-refractivity contribution in [1.29, 1.82) is 0 Å². The van der Waals surface area contributed by atoms with Gasteiger partial charge in [0.05, 0.1) is 12.0 Å². The molecule has 0 saturated carbocycles. The van der Waals surface area contributed by atoms with E-state index in [1.807, 2.05) is 26.1 Å². The molecular formula is C14H21NO2. The number of benzene rings is 1. The maximum absolute atomic E-state index is 11.0. The van der Waals surface area contributed by atoms with Crippen LogP contribution < -0.4 is 5.32 Å². The summed E-state index contributed by atoms with van der Waals surface area (Å²) < 4.78 is 0. The minimum atomic E-state index is -0.777. The molecule has 0 amide bonds. The van der Waals surface area contributed by atoms with Crippen molar-refractivity contribution in [1.82, 2.24) is 5.32 Å². The fourth-order valence-corrected chi connectivity index (χ4v) is 2.16. The lowest BCUT2D eigenvalue weighted by molar-refractivity contribution is -0.138. The molecule has 1 rings (SSSR count). The normalized spacial score (nSPS) is 14.3. The second-order valence-corrected chi connectivity index (χ2v) is 4.31. The van der Waals surface area contributed by atoms with Crippen LogP contribution >= 0.6 is 0 Å².